The van der Waals surface area contributed by atoms with Crippen molar-refractivity contribution < 1.29 is 19.5 Å². The van der Waals surface area contributed by atoms with E-state index in [-0.39, 0.29) is 24.7 Å². The summed E-state index contributed by atoms with van der Waals surface area (Å²) in [5, 5.41) is 13.8. The van der Waals surface area contributed by atoms with Crippen molar-refractivity contribution in [3.8, 4) is 0 Å². The second-order valence-electron chi connectivity index (χ2n) is 5.03. The first-order valence-electron chi connectivity index (χ1n) is 6.61. The van der Waals surface area contributed by atoms with E-state index in [1.54, 1.807) is 6.92 Å². The van der Waals surface area contributed by atoms with Crippen LogP contribution in [0.3, 0.4) is 0 Å². The van der Waals surface area contributed by atoms with Crippen LogP contribution in [-0.4, -0.2) is 35.5 Å². The highest BCUT2D eigenvalue weighted by Gasteiger charge is 2.15. The van der Waals surface area contributed by atoms with Crippen LogP contribution < -0.4 is 10.6 Å². The van der Waals surface area contributed by atoms with E-state index >= 15 is 0 Å². The highest BCUT2D eigenvalue weighted by molar-refractivity contribution is 5.87. The molecule has 2 amide bonds. The Labute approximate surface area is 113 Å². The third kappa shape index (κ3) is 10.1. The van der Waals surface area contributed by atoms with Crippen LogP contribution in [0.1, 0.15) is 46.5 Å². The molecular weight excluding hydrogens is 248 g/mol. The van der Waals surface area contributed by atoms with Gasteiger partial charge in [-0.15, -0.1) is 0 Å². The summed E-state index contributed by atoms with van der Waals surface area (Å²) in [6.07, 6.45) is 1.29. The predicted molar refractivity (Wildman–Crippen MR) is 71.6 cm³/mol. The standard InChI is InChI=1S/C13H24N2O4/c1-9(2)8-14-13(19)10(3)15-11(16)6-4-5-7-12(17)18/h9-10H,4-8H2,1-3H3,(H,14,19)(H,15,16)(H,17,18). The van der Waals surface area contributed by atoms with Gasteiger partial charge in [-0.05, 0) is 25.7 Å². The Morgan fingerprint density at radius 1 is 1.05 bits per heavy atom. The number of rotatable bonds is 9. The molecule has 6 heteroatoms. The second kappa shape index (κ2) is 9.35. The molecule has 0 radical (unpaired) electrons. The first kappa shape index (κ1) is 17.4. The molecule has 6 nitrogen and oxygen atoms in total. The highest BCUT2D eigenvalue weighted by atomic mass is 16.4. The molecule has 0 heterocycles. The van der Waals surface area contributed by atoms with Crippen LogP contribution in [0, 0.1) is 5.92 Å². The molecule has 0 aromatic carbocycles. The number of carbonyl (C=O) groups excluding carboxylic acids is 2. The Morgan fingerprint density at radius 3 is 2.16 bits per heavy atom. The van der Waals surface area contributed by atoms with E-state index in [9.17, 15) is 14.4 Å². The minimum atomic E-state index is -0.859. The van der Waals surface area contributed by atoms with E-state index < -0.39 is 12.0 Å². The van der Waals surface area contributed by atoms with Gasteiger partial charge in [0.15, 0.2) is 0 Å². The molecule has 1 atom stereocenters. The van der Waals surface area contributed by atoms with Crippen LogP contribution in [0.15, 0.2) is 0 Å². The second-order valence-corrected chi connectivity index (χ2v) is 5.03. The Morgan fingerprint density at radius 2 is 1.63 bits per heavy atom. The van der Waals surface area contributed by atoms with Gasteiger partial charge in [0.2, 0.25) is 11.8 Å². The molecule has 0 aliphatic rings. The number of amides is 2. The van der Waals surface area contributed by atoms with Crippen molar-refractivity contribution in [3.05, 3.63) is 0 Å². The first-order chi connectivity index (χ1) is 8.82. The molecule has 0 bridgehead atoms. The van der Waals surface area contributed by atoms with Crippen LogP contribution in [-0.2, 0) is 14.4 Å². The van der Waals surface area contributed by atoms with Gasteiger partial charge in [-0.2, -0.15) is 0 Å². The smallest absolute Gasteiger partial charge is 0.303 e. The fourth-order valence-electron chi connectivity index (χ4n) is 1.40. The molecule has 19 heavy (non-hydrogen) atoms. The lowest BCUT2D eigenvalue weighted by atomic mass is 10.1. The average Bonchev–Trinajstić information content (AvgIpc) is 2.31. The molecule has 0 fully saturated rings. The Balaban J connectivity index is 3.79. The van der Waals surface area contributed by atoms with Gasteiger partial charge in [0.05, 0.1) is 0 Å². The van der Waals surface area contributed by atoms with Crippen LogP contribution in [0.2, 0.25) is 0 Å². The fourth-order valence-corrected chi connectivity index (χ4v) is 1.40. The van der Waals surface area contributed by atoms with Gasteiger partial charge in [-0.25, -0.2) is 0 Å². The molecule has 1 unspecified atom stereocenters. The molecule has 0 rings (SSSR count). The summed E-state index contributed by atoms with van der Waals surface area (Å²) in [6, 6.07) is -0.564. The zero-order valence-corrected chi connectivity index (χ0v) is 11.9. The van der Waals surface area contributed by atoms with Gasteiger partial charge < -0.3 is 15.7 Å². The number of unbranched alkanes of at least 4 members (excludes halogenated alkanes) is 1. The minimum absolute atomic E-state index is 0.0672. The normalized spacial score (nSPS) is 12.0. The molecule has 0 spiro atoms. The summed E-state index contributed by atoms with van der Waals surface area (Å²) in [5.74, 6) is -0.921. The monoisotopic (exact) mass is 272 g/mol. The number of aliphatic carboxylic acids is 1. The molecule has 3 N–H and O–H groups in total. The van der Waals surface area contributed by atoms with Gasteiger partial charge in [-0.3, -0.25) is 14.4 Å². The zero-order valence-electron chi connectivity index (χ0n) is 11.9. The topological polar surface area (TPSA) is 95.5 Å². The fraction of sp³-hybridized carbons (Fsp3) is 0.769. The number of nitrogens with one attached hydrogen (secondary N) is 2. The summed E-state index contributed by atoms with van der Waals surface area (Å²) in [5.41, 5.74) is 0. The van der Waals surface area contributed by atoms with Gasteiger partial charge >= 0.3 is 5.97 Å². The SMILES string of the molecule is CC(C)CNC(=O)C(C)NC(=O)CCCCC(=O)O. The largest absolute Gasteiger partial charge is 0.481 e. The van der Waals surface area contributed by atoms with Crippen molar-refractivity contribution in [2.24, 2.45) is 5.92 Å². The van der Waals surface area contributed by atoms with Crippen LogP contribution >= 0.6 is 0 Å². The Hall–Kier alpha value is -1.59. The van der Waals surface area contributed by atoms with E-state index in [0.717, 1.165) is 0 Å². The lowest BCUT2D eigenvalue weighted by Gasteiger charge is -2.15. The van der Waals surface area contributed by atoms with Crippen molar-refractivity contribution in [1.29, 1.82) is 0 Å². The van der Waals surface area contributed by atoms with Crippen molar-refractivity contribution in [2.45, 2.75) is 52.5 Å². The predicted octanol–water partition coefficient (Wildman–Crippen LogP) is 0.908. The minimum Gasteiger partial charge on any atom is -0.481 e. The highest BCUT2D eigenvalue weighted by Crippen LogP contribution is 2.00. The number of carbonyl (C=O) groups is 3. The third-order valence-corrected chi connectivity index (χ3v) is 2.50. The van der Waals surface area contributed by atoms with E-state index in [1.807, 2.05) is 13.8 Å². The number of hydrogen-bond acceptors (Lipinski definition) is 3. The summed E-state index contributed by atoms with van der Waals surface area (Å²) >= 11 is 0. The number of carboxylic acids is 1. The van der Waals surface area contributed by atoms with Gasteiger partial charge in [0.1, 0.15) is 6.04 Å². The van der Waals surface area contributed by atoms with Crippen molar-refractivity contribution in [1.82, 2.24) is 10.6 Å². The van der Waals surface area contributed by atoms with Crippen molar-refractivity contribution >= 4 is 17.8 Å². The molecule has 0 aliphatic heterocycles. The van der Waals surface area contributed by atoms with Crippen molar-refractivity contribution in [2.75, 3.05) is 6.54 Å². The summed E-state index contributed by atoms with van der Waals surface area (Å²) in [6.45, 7) is 6.19. The quantitative estimate of drug-likeness (QED) is 0.544. The zero-order chi connectivity index (χ0) is 14.8. The maximum absolute atomic E-state index is 11.6. The summed E-state index contributed by atoms with van der Waals surface area (Å²) < 4.78 is 0. The third-order valence-electron chi connectivity index (χ3n) is 2.50. The van der Waals surface area contributed by atoms with Gasteiger partial charge in [-0.1, -0.05) is 13.8 Å². The molecule has 0 aromatic rings. The number of carboxylic acid groups (broad SMARTS) is 1. The van der Waals surface area contributed by atoms with Gasteiger partial charge in [0.25, 0.3) is 0 Å². The molecule has 110 valence electrons. The lowest BCUT2D eigenvalue weighted by Crippen LogP contribution is -2.45. The first-order valence-corrected chi connectivity index (χ1v) is 6.61. The maximum atomic E-state index is 11.6. The van der Waals surface area contributed by atoms with E-state index in [0.29, 0.717) is 25.3 Å². The summed E-state index contributed by atoms with van der Waals surface area (Å²) in [4.78, 5) is 33.4. The van der Waals surface area contributed by atoms with Crippen LogP contribution in [0.4, 0.5) is 0 Å². The molecular formula is C13H24N2O4. The van der Waals surface area contributed by atoms with E-state index in [2.05, 4.69) is 10.6 Å². The van der Waals surface area contributed by atoms with E-state index in [4.69, 9.17) is 5.11 Å². The lowest BCUT2D eigenvalue weighted by molar-refractivity contribution is -0.137. The Bertz CT molecular complexity index is 316. The van der Waals surface area contributed by atoms with Crippen molar-refractivity contribution in [3.63, 3.8) is 0 Å². The van der Waals surface area contributed by atoms with Crippen LogP contribution in [0.25, 0.3) is 0 Å². The molecule has 0 aliphatic carbocycles. The summed E-state index contributed by atoms with van der Waals surface area (Å²) in [7, 11) is 0. The number of hydrogen-bond donors (Lipinski definition) is 3. The van der Waals surface area contributed by atoms with Gasteiger partial charge in [0, 0.05) is 19.4 Å². The molecule has 0 aromatic heterocycles. The molecule has 0 saturated heterocycles. The maximum Gasteiger partial charge on any atom is 0.303 e. The molecule has 0 saturated carbocycles. The van der Waals surface area contributed by atoms with E-state index in [1.165, 1.54) is 0 Å². The van der Waals surface area contributed by atoms with Crippen LogP contribution in [0.5, 0.6) is 0 Å². The Kier molecular flexibility index (Phi) is 8.57. The average molecular weight is 272 g/mol.